The summed E-state index contributed by atoms with van der Waals surface area (Å²) in [4.78, 5) is 12.3. The van der Waals surface area contributed by atoms with Crippen molar-refractivity contribution in [1.29, 1.82) is 5.26 Å². The number of amides is 1. The van der Waals surface area contributed by atoms with Crippen LogP contribution in [0.3, 0.4) is 0 Å². The van der Waals surface area contributed by atoms with Crippen LogP contribution < -0.4 is 10.1 Å². The van der Waals surface area contributed by atoms with E-state index in [1.165, 1.54) is 0 Å². The Labute approximate surface area is 163 Å². The van der Waals surface area contributed by atoms with Gasteiger partial charge in [0.05, 0.1) is 23.3 Å². The lowest BCUT2D eigenvalue weighted by atomic mass is 9.92. The maximum atomic E-state index is 12.3. The molecule has 3 rings (SSSR count). The number of aliphatic hydroxyl groups is 1. The molecule has 2 aromatic carbocycles. The summed E-state index contributed by atoms with van der Waals surface area (Å²) in [6.45, 7) is -0.0314. The highest BCUT2D eigenvalue weighted by Gasteiger charge is 2.24. The summed E-state index contributed by atoms with van der Waals surface area (Å²) < 4.78 is 5.97. The predicted octanol–water partition coefficient (Wildman–Crippen LogP) is 3.82. The van der Waals surface area contributed by atoms with Gasteiger partial charge in [0.15, 0.2) is 0 Å². The fraction of sp³-hybridized carbons (Fsp3) is 0.333. The first-order chi connectivity index (χ1) is 13.1. The summed E-state index contributed by atoms with van der Waals surface area (Å²) in [6.07, 6.45) is 3.44. The lowest BCUT2D eigenvalue weighted by molar-refractivity contribution is 0.0894. The Morgan fingerprint density at radius 2 is 1.89 bits per heavy atom. The number of carbonyl (C=O) groups is 1. The molecule has 140 valence electrons. The van der Waals surface area contributed by atoms with Crippen molar-refractivity contribution in [3.05, 3.63) is 64.2 Å². The summed E-state index contributed by atoms with van der Waals surface area (Å²) in [5.41, 5.74) is 1.81. The molecule has 0 atom stereocenters. The topological polar surface area (TPSA) is 82.3 Å². The molecule has 0 unspecified atom stereocenters. The van der Waals surface area contributed by atoms with Crippen molar-refractivity contribution in [1.82, 2.24) is 5.32 Å². The van der Waals surface area contributed by atoms with E-state index in [4.69, 9.17) is 26.7 Å². The molecule has 2 N–H and O–H groups in total. The molecular formula is C21H21ClN2O3. The van der Waals surface area contributed by atoms with Crippen molar-refractivity contribution < 1.29 is 14.6 Å². The number of ether oxygens (including phenoxy) is 1. The maximum Gasteiger partial charge on any atom is 0.251 e. The van der Waals surface area contributed by atoms with Crippen LogP contribution in [0.2, 0.25) is 5.02 Å². The van der Waals surface area contributed by atoms with Gasteiger partial charge < -0.3 is 15.2 Å². The number of carbonyl (C=O) groups excluding carboxylic acids is 1. The van der Waals surface area contributed by atoms with E-state index in [2.05, 4.69) is 5.32 Å². The second-order valence-corrected chi connectivity index (χ2v) is 7.08. The van der Waals surface area contributed by atoms with Gasteiger partial charge in [0.2, 0.25) is 0 Å². The van der Waals surface area contributed by atoms with E-state index < -0.39 is 0 Å². The van der Waals surface area contributed by atoms with Crippen LogP contribution in [0, 0.1) is 11.3 Å². The molecule has 0 spiro atoms. The van der Waals surface area contributed by atoms with Gasteiger partial charge in [-0.2, -0.15) is 5.26 Å². The van der Waals surface area contributed by atoms with Crippen molar-refractivity contribution in [2.75, 3.05) is 0 Å². The number of halogens is 1. The summed E-state index contributed by atoms with van der Waals surface area (Å²) in [7, 11) is 0. The van der Waals surface area contributed by atoms with E-state index in [0.29, 0.717) is 21.9 Å². The number of benzene rings is 2. The maximum absolute atomic E-state index is 12.3. The Morgan fingerprint density at radius 1 is 1.19 bits per heavy atom. The van der Waals surface area contributed by atoms with Crippen molar-refractivity contribution in [3.8, 4) is 11.8 Å². The van der Waals surface area contributed by atoms with Gasteiger partial charge in [-0.25, -0.2) is 0 Å². The Morgan fingerprint density at radius 3 is 2.48 bits per heavy atom. The lowest BCUT2D eigenvalue weighted by Crippen LogP contribution is -2.39. The molecule has 0 radical (unpaired) electrons. The van der Waals surface area contributed by atoms with Crippen LogP contribution in [-0.2, 0) is 6.61 Å². The SMILES string of the molecule is N#Cc1ccc(OC2CCC(NC(=O)c3ccc(CO)cc3)CC2)cc1Cl. The van der Waals surface area contributed by atoms with Gasteiger partial charge >= 0.3 is 0 Å². The lowest BCUT2D eigenvalue weighted by Gasteiger charge is -2.29. The van der Waals surface area contributed by atoms with E-state index in [-0.39, 0.29) is 24.7 Å². The van der Waals surface area contributed by atoms with Crippen molar-refractivity contribution in [2.24, 2.45) is 0 Å². The average Bonchev–Trinajstić information content (AvgIpc) is 2.69. The van der Waals surface area contributed by atoms with Crippen LogP contribution >= 0.6 is 11.6 Å². The number of nitriles is 1. The summed E-state index contributed by atoms with van der Waals surface area (Å²) in [6, 6.07) is 14.2. The van der Waals surface area contributed by atoms with E-state index in [1.54, 1.807) is 42.5 Å². The highest BCUT2D eigenvalue weighted by Crippen LogP contribution is 2.27. The standard InChI is InChI=1S/C21H21ClN2O3/c22-20-11-19(8-5-16(20)12-23)27-18-9-6-17(7-10-18)24-21(26)15-3-1-14(13-25)2-4-15/h1-5,8,11,17-18,25H,6-7,9-10,13H2,(H,24,26). The zero-order chi connectivity index (χ0) is 19.2. The largest absolute Gasteiger partial charge is 0.490 e. The Hall–Kier alpha value is -2.55. The second-order valence-electron chi connectivity index (χ2n) is 6.67. The summed E-state index contributed by atoms with van der Waals surface area (Å²) in [5, 5.41) is 21.4. The van der Waals surface area contributed by atoms with Crippen LogP contribution in [0.1, 0.15) is 47.2 Å². The summed E-state index contributed by atoms with van der Waals surface area (Å²) in [5.74, 6) is 0.568. The van der Waals surface area contributed by atoms with Gasteiger partial charge in [-0.15, -0.1) is 0 Å². The normalized spacial score (nSPS) is 19.1. The predicted molar refractivity (Wildman–Crippen MR) is 103 cm³/mol. The fourth-order valence-electron chi connectivity index (χ4n) is 3.21. The first kappa shape index (κ1) is 19.2. The van der Waals surface area contributed by atoms with Crippen LogP contribution in [0.25, 0.3) is 0 Å². The van der Waals surface area contributed by atoms with Gasteiger partial charge in [0.25, 0.3) is 5.91 Å². The molecule has 1 aliphatic rings. The number of rotatable bonds is 5. The minimum absolute atomic E-state index is 0.0314. The third-order valence-corrected chi connectivity index (χ3v) is 5.08. The molecule has 1 amide bonds. The first-order valence-corrected chi connectivity index (χ1v) is 9.34. The molecule has 6 heteroatoms. The third kappa shape index (κ3) is 5.00. The molecule has 0 aliphatic heterocycles. The molecule has 27 heavy (non-hydrogen) atoms. The van der Waals surface area contributed by atoms with Gasteiger partial charge in [0, 0.05) is 17.7 Å². The number of aliphatic hydroxyl groups excluding tert-OH is 1. The molecule has 2 aromatic rings. The number of hydrogen-bond acceptors (Lipinski definition) is 4. The van der Waals surface area contributed by atoms with Gasteiger partial charge in [-0.1, -0.05) is 23.7 Å². The van der Waals surface area contributed by atoms with E-state index in [1.807, 2.05) is 6.07 Å². The van der Waals surface area contributed by atoms with Gasteiger partial charge in [-0.3, -0.25) is 4.79 Å². The number of nitrogens with zero attached hydrogens (tertiary/aromatic N) is 1. The van der Waals surface area contributed by atoms with Gasteiger partial charge in [-0.05, 0) is 55.5 Å². The number of nitrogens with one attached hydrogen (secondary N) is 1. The first-order valence-electron chi connectivity index (χ1n) is 8.96. The zero-order valence-electron chi connectivity index (χ0n) is 14.8. The zero-order valence-corrected chi connectivity index (χ0v) is 15.6. The Kier molecular flexibility index (Phi) is 6.33. The smallest absolute Gasteiger partial charge is 0.251 e. The van der Waals surface area contributed by atoms with Crippen molar-refractivity contribution >= 4 is 17.5 Å². The van der Waals surface area contributed by atoms with Crippen LogP contribution in [0.5, 0.6) is 5.75 Å². The molecule has 0 heterocycles. The molecule has 1 saturated carbocycles. The second kappa shape index (κ2) is 8.90. The Bertz CT molecular complexity index is 837. The number of hydrogen-bond donors (Lipinski definition) is 2. The summed E-state index contributed by atoms with van der Waals surface area (Å²) >= 11 is 6.04. The van der Waals surface area contributed by atoms with E-state index in [0.717, 1.165) is 31.2 Å². The van der Waals surface area contributed by atoms with E-state index >= 15 is 0 Å². The fourth-order valence-corrected chi connectivity index (χ4v) is 3.42. The monoisotopic (exact) mass is 384 g/mol. The molecule has 1 aliphatic carbocycles. The van der Waals surface area contributed by atoms with Gasteiger partial charge in [0.1, 0.15) is 11.8 Å². The van der Waals surface area contributed by atoms with Crippen LogP contribution in [-0.4, -0.2) is 23.2 Å². The third-order valence-electron chi connectivity index (χ3n) is 4.77. The van der Waals surface area contributed by atoms with Crippen molar-refractivity contribution in [3.63, 3.8) is 0 Å². The average molecular weight is 385 g/mol. The van der Waals surface area contributed by atoms with Crippen LogP contribution in [0.4, 0.5) is 0 Å². The molecule has 1 fully saturated rings. The van der Waals surface area contributed by atoms with Crippen molar-refractivity contribution in [2.45, 2.75) is 44.4 Å². The minimum Gasteiger partial charge on any atom is -0.490 e. The molecule has 5 nitrogen and oxygen atoms in total. The molecular weight excluding hydrogens is 364 g/mol. The highest BCUT2D eigenvalue weighted by atomic mass is 35.5. The quantitative estimate of drug-likeness (QED) is 0.820. The minimum atomic E-state index is -0.0947. The Balaban J connectivity index is 1.49. The highest BCUT2D eigenvalue weighted by molar-refractivity contribution is 6.31. The van der Waals surface area contributed by atoms with E-state index in [9.17, 15) is 4.79 Å². The van der Waals surface area contributed by atoms with Crippen LogP contribution in [0.15, 0.2) is 42.5 Å². The molecule has 0 aromatic heterocycles. The molecule has 0 saturated heterocycles. The molecule has 0 bridgehead atoms.